The highest BCUT2D eigenvalue weighted by molar-refractivity contribution is 7.90. The van der Waals surface area contributed by atoms with Crippen LogP contribution < -0.4 is 5.32 Å². The molecule has 10 heteroatoms. The highest BCUT2D eigenvalue weighted by Crippen LogP contribution is 2.36. The van der Waals surface area contributed by atoms with Crippen LogP contribution in [-0.4, -0.2) is 46.0 Å². The fourth-order valence-electron chi connectivity index (χ4n) is 3.44. The largest absolute Gasteiger partial charge is 0.371 e. The van der Waals surface area contributed by atoms with Gasteiger partial charge in [-0.15, -0.1) is 5.10 Å². The molecule has 2 atom stereocenters. The standard InChI is InChI=1S/C19H23N5O4S/c1-12(29(2,26)27)17-11-20-23-24(17)15-8-14(9-15)21-19(25)18-10-16(22-28-18)13-6-4-3-5-7-13/h3-7,10-12,14-15,19,21,25H,8-9H2,1-2H3. The number of nitrogens with zero attached hydrogens (tertiary/aromatic N) is 4. The quantitative estimate of drug-likeness (QED) is 0.560. The lowest BCUT2D eigenvalue weighted by Crippen LogP contribution is -2.44. The Kier molecular flexibility index (Phi) is 5.24. The average molecular weight is 417 g/mol. The van der Waals surface area contributed by atoms with Gasteiger partial charge in [0.05, 0.1) is 17.9 Å². The highest BCUT2D eigenvalue weighted by Gasteiger charge is 2.36. The monoisotopic (exact) mass is 417 g/mol. The van der Waals surface area contributed by atoms with Crippen molar-refractivity contribution in [2.45, 2.75) is 43.3 Å². The highest BCUT2D eigenvalue weighted by atomic mass is 32.2. The lowest BCUT2D eigenvalue weighted by molar-refractivity contribution is 0.0618. The first-order chi connectivity index (χ1) is 13.8. The molecule has 0 amide bonds. The van der Waals surface area contributed by atoms with Crippen LogP contribution in [0.3, 0.4) is 0 Å². The smallest absolute Gasteiger partial charge is 0.180 e. The Labute approximate surface area is 168 Å². The first kappa shape index (κ1) is 19.7. The molecular formula is C19H23N5O4S. The molecule has 0 saturated heterocycles. The molecule has 0 aliphatic heterocycles. The lowest BCUT2D eigenvalue weighted by atomic mass is 9.86. The summed E-state index contributed by atoms with van der Waals surface area (Å²) in [6.07, 6.45) is 3.13. The zero-order valence-corrected chi connectivity index (χ0v) is 17.0. The van der Waals surface area contributed by atoms with Crippen LogP contribution in [0.25, 0.3) is 11.3 Å². The van der Waals surface area contributed by atoms with Crippen LogP contribution >= 0.6 is 0 Å². The second-order valence-electron chi connectivity index (χ2n) is 7.45. The maximum Gasteiger partial charge on any atom is 0.180 e. The average Bonchev–Trinajstić information content (AvgIpc) is 3.33. The number of aliphatic hydroxyl groups is 1. The van der Waals surface area contributed by atoms with E-state index in [9.17, 15) is 13.5 Å². The Morgan fingerprint density at radius 1 is 1.28 bits per heavy atom. The minimum absolute atomic E-state index is 0.0380. The van der Waals surface area contributed by atoms with Crippen LogP contribution in [-0.2, 0) is 9.84 Å². The molecular weight excluding hydrogens is 394 g/mol. The van der Waals surface area contributed by atoms with Gasteiger partial charge in [0.1, 0.15) is 10.9 Å². The first-order valence-corrected chi connectivity index (χ1v) is 11.3. The van der Waals surface area contributed by atoms with E-state index in [1.54, 1.807) is 17.7 Å². The van der Waals surface area contributed by atoms with E-state index in [2.05, 4.69) is 20.8 Å². The molecule has 3 aromatic rings. The van der Waals surface area contributed by atoms with Crippen LogP contribution in [0.4, 0.5) is 0 Å². The molecule has 1 aromatic carbocycles. The van der Waals surface area contributed by atoms with Crippen molar-refractivity contribution in [1.29, 1.82) is 0 Å². The summed E-state index contributed by atoms with van der Waals surface area (Å²) in [6.45, 7) is 1.64. The van der Waals surface area contributed by atoms with Crippen molar-refractivity contribution < 1.29 is 18.0 Å². The Balaban J connectivity index is 1.36. The van der Waals surface area contributed by atoms with Crippen LogP contribution in [0.5, 0.6) is 0 Å². The van der Waals surface area contributed by atoms with Gasteiger partial charge in [-0.3, -0.25) is 5.32 Å². The molecule has 154 valence electrons. The molecule has 1 saturated carbocycles. The van der Waals surface area contributed by atoms with Crippen molar-refractivity contribution in [3.8, 4) is 11.3 Å². The van der Waals surface area contributed by atoms with E-state index in [0.29, 0.717) is 30.0 Å². The topological polar surface area (TPSA) is 123 Å². The molecule has 0 bridgehead atoms. The van der Waals surface area contributed by atoms with Gasteiger partial charge in [-0.05, 0) is 19.8 Å². The van der Waals surface area contributed by atoms with E-state index in [0.717, 1.165) is 5.56 Å². The normalized spacial score (nSPS) is 21.5. The second-order valence-corrected chi connectivity index (χ2v) is 9.81. The summed E-state index contributed by atoms with van der Waals surface area (Å²) in [5, 5.41) is 24.8. The molecule has 4 rings (SSSR count). The molecule has 9 nitrogen and oxygen atoms in total. The molecule has 2 unspecified atom stereocenters. The fraction of sp³-hybridized carbons (Fsp3) is 0.421. The van der Waals surface area contributed by atoms with Gasteiger partial charge in [0.15, 0.2) is 21.8 Å². The van der Waals surface area contributed by atoms with Gasteiger partial charge < -0.3 is 9.63 Å². The second kappa shape index (κ2) is 7.69. The van der Waals surface area contributed by atoms with Gasteiger partial charge in [-0.2, -0.15) is 0 Å². The Morgan fingerprint density at radius 3 is 2.69 bits per heavy atom. The third kappa shape index (κ3) is 4.09. The van der Waals surface area contributed by atoms with Crippen LogP contribution in [0.15, 0.2) is 47.1 Å². The number of aromatic nitrogens is 4. The van der Waals surface area contributed by atoms with Gasteiger partial charge in [-0.25, -0.2) is 13.1 Å². The molecule has 2 aromatic heterocycles. The van der Waals surface area contributed by atoms with E-state index < -0.39 is 21.3 Å². The SMILES string of the molecule is CC(c1cnnn1C1CC(NC(O)c2cc(-c3ccccc3)no2)C1)S(C)(=O)=O. The van der Waals surface area contributed by atoms with E-state index in [-0.39, 0.29) is 12.1 Å². The third-order valence-electron chi connectivity index (χ3n) is 5.38. The van der Waals surface area contributed by atoms with E-state index in [4.69, 9.17) is 4.52 Å². The summed E-state index contributed by atoms with van der Waals surface area (Å²) in [5.41, 5.74) is 2.16. The summed E-state index contributed by atoms with van der Waals surface area (Å²) >= 11 is 0. The number of rotatable bonds is 7. The van der Waals surface area contributed by atoms with E-state index in [1.165, 1.54) is 12.5 Å². The minimum Gasteiger partial charge on any atom is -0.371 e. The van der Waals surface area contributed by atoms with Crippen molar-refractivity contribution in [2.24, 2.45) is 0 Å². The van der Waals surface area contributed by atoms with Crippen molar-refractivity contribution in [3.63, 3.8) is 0 Å². The van der Waals surface area contributed by atoms with Crippen molar-refractivity contribution in [1.82, 2.24) is 25.5 Å². The molecule has 1 aliphatic rings. The number of aliphatic hydroxyl groups excluding tert-OH is 1. The molecule has 29 heavy (non-hydrogen) atoms. The zero-order chi connectivity index (χ0) is 20.6. The number of nitrogens with one attached hydrogen (secondary N) is 1. The first-order valence-electron chi connectivity index (χ1n) is 9.38. The fourth-order valence-corrected chi connectivity index (χ4v) is 4.05. The summed E-state index contributed by atoms with van der Waals surface area (Å²) in [6, 6.07) is 11.4. The third-order valence-corrected chi connectivity index (χ3v) is 6.91. The number of benzene rings is 1. The maximum atomic E-state index is 11.9. The number of hydrogen-bond donors (Lipinski definition) is 2. The number of sulfone groups is 1. The summed E-state index contributed by atoms with van der Waals surface area (Å²) in [7, 11) is -3.23. The van der Waals surface area contributed by atoms with Crippen LogP contribution in [0.2, 0.25) is 0 Å². The Hall–Kier alpha value is -2.56. The van der Waals surface area contributed by atoms with Gasteiger partial charge in [0, 0.05) is 23.9 Å². The lowest BCUT2D eigenvalue weighted by Gasteiger charge is -2.37. The Bertz CT molecular complexity index is 1070. The molecule has 0 radical (unpaired) electrons. The maximum absolute atomic E-state index is 11.9. The van der Waals surface area contributed by atoms with E-state index >= 15 is 0 Å². The van der Waals surface area contributed by atoms with Gasteiger partial charge >= 0.3 is 0 Å². The molecule has 0 spiro atoms. The van der Waals surface area contributed by atoms with Crippen LogP contribution in [0, 0.1) is 0 Å². The van der Waals surface area contributed by atoms with Gasteiger partial charge in [0.25, 0.3) is 0 Å². The summed E-state index contributed by atoms with van der Waals surface area (Å²) < 4.78 is 30.7. The van der Waals surface area contributed by atoms with Crippen molar-refractivity contribution >= 4 is 9.84 Å². The minimum atomic E-state index is -3.23. The predicted octanol–water partition coefficient (Wildman–Crippen LogP) is 2.02. The van der Waals surface area contributed by atoms with Crippen LogP contribution in [0.1, 0.15) is 48.7 Å². The summed E-state index contributed by atoms with van der Waals surface area (Å²) in [4.78, 5) is 0. The Morgan fingerprint density at radius 2 is 2.00 bits per heavy atom. The van der Waals surface area contributed by atoms with Gasteiger partial charge in [-0.1, -0.05) is 40.7 Å². The van der Waals surface area contributed by atoms with Gasteiger partial charge in [0.2, 0.25) is 0 Å². The molecule has 1 fully saturated rings. The molecule has 2 N–H and O–H groups in total. The van der Waals surface area contributed by atoms with Crippen molar-refractivity contribution in [2.75, 3.05) is 6.26 Å². The van der Waals surface area contributed by atoms with E-state index in [1.807, 2.05) is 30.3 Å². The molecule has 1 aliphatic carbocycles. The number of hydrogen-bond acceptors (Lipinski definition) is 8. The predicted molar refractivity (Wildman–Crippen MR) is 105 cm³/mol. The zero-order valence-electron chi connectivity index (χ0n) is 16.1. The molecule has 2 heterocycles. The summed E-state index contributed by atoms with van der Waals surface area (Å²) in [5.74, 6) is 0.347. The van der Waals surface area contributed by atoms with Crippen molar-refractivity contribution in [3.05, 3.63) is 54.0 Å².